The number of hydrogen-bond donors (Lipinski definition) is 1. The Hall–Kier alpha value is -2.27. The molecule has 1 aliphatic heterocycles. The lowest BCUT2D eigenvalue weighted by molar-refractivity contribution is 0.0642. The van der Waals surface area contributed by atoms with E-state index in [2.05, 4.69) is 0 Å². The summed E-state index contributed by atoms with van der Waals surface area (Å²) in [5.74, 6) is 0.0766. The summed E-state index contributed by atoms with van der Waals surface area (Å²) >= 11 is 5.94. The van der Waals surface area contributed by atoms with E-state index in [0.717, 1.165) is 0 Å². The van der Waals surface area contributed by atoms with Crippen LogP contribution in [-0.4, -0.2) is 39.4 Å². The van der Waals surface area contributed by atoms with Gasteiger partial charge < -0.3 is 14.6 Å². The molecule has 0 bridgehead atoms. The maximum absolute atomic E-state index is 12.6. The molecular weight excluding hydrogens is 328 g/mol. The van der Waals surface area contributed by atoms with Crippen LogP contribution < -0.4 is 0 Å². The number of ketones is 1. The average molecular weight is 347 g/mol. The Morgan fingerprint density at radius 2 is 1.79 bits per heavy atom. The van der Waals surface area contributed by atoms with Crippen LogP contribution in [-0.2, 0) is 7.05 Å². The number of aromatic nitrogens is 1. The van der Waals surface area contributed by atoms with Crippen molar-refractivity contribution in [2.24, 2.45) is 13.0 Å². The highest BCUT2D eigenvalue weighted by atomic mass is 35.5. The number of piperidine rings is 1. The van der Waals surface area contributed by atoms with E-state index >= 15 is 0 Å². The third kappa shape index (κ3) is 3.31. The molecule has 0 atom stereocenters. The van der Waals surface area contributed by atoms with Gasteiger partial charge in [0.2, 0.25) is 0 Å². The predicted octanol–water partition coefficient (Wildman–Crippen LogP) is 3.12. The molecule has 1 aliphatic rings. The second-order valence-corrected chi connectivity index (χ2v) is 6.57. The molecule has 1 N–H and O–H groups in total. The van der Waals surface area contributed by atoms with Gasteiger partial charge in [0.1, 0.15) is 11.4 Å². The van der Waals surface area contributed by atoms with E-state index in [1.807, 2.05) is 0 Å². The minimum Gasteiger partial charge on any atom is -0.508 e. The standard InChI is InChI=1S/C18H19ClN2O3/c1-20-11-14(19)10-16(20)18(24)21-8-6-13(7-9-21)17(23)12-2-4-15(22)5-3-12/h2-5,10-11,13,22H,6-9H2,1H3. The Balaban J connectivity index is 1.63. The van der Waals surface area contributed by atoms with Gasteiger partial charge in [-0.1, -0.05) is 11.6 Å². The van der Waals surface area contributed by atoms with Gasteiger partial charge in [0, 0.05) is 37.8 Å². The number of amides is 1. The van der Waals surface area contributed by atoms with E-state index in [4.69, 9.17) is 11.6 Å². The Labute approximate surface area is 145 Å². The summed E-state index contributed by atoms with van der Waals surface area (Å²) in [6.07, 6.45) is 2.99. The van der Waals surface area contributed by atoms with Gasteiger partial charge in [0.25, 0.3) is 5.91 Å². The normalized spacial score (nSPS) is 15.5. The average Bonchev–Trinajstić information content (AvgIpc) is 2.93. The number of rotatable bonds is 3. The molecule has 2 aromatic rings. The van der Waals surface area contributed by atoms with E-state index < -0.39 is 0 Å². The number of hydrogen-bond acceptors (Lipinski definition) is 3. The van der Waals surface area contributed by atoms with Crippen LogP contribution in [0.3, 0.4) is 0 Å². The van der Waals surface area contributed by atoms with Crippen molar-refractivity contribution < 1.29 is 14.7 Å². The summed E-state index contributed by atoms with van der Waals surface area (Å²) < 4.78 is 1.72. The van der Waals surface area contributed by atoms with E-state index in [1.165, 1.54) is 12.1 Å². The topological polar surface area (TPSA) is 62.5 Å². The number of phenolic OH excluding ortho intramolecular Hbond substituents is 1. The zero-order valence-electron chi connectivity index (χ0n) is 13.4. The summed E-state index contributed by atoms with van der Waals surface area (Å²) in [7, 11) is 1.79. The number of phenols is 1. The molecule has 5 nitrogen and oxygen atoms in total. The molecule has 1 saturated heterocycles. The molecule has 6 heteroatoms. The third-order valence-corrected chi connectivity index (χ3v) is 4.70. The number of aromatic hydroxyl groups is 1. The number of nitrogens with zero attached hydrogens (tertiary/aromatic N) is 2. The maximum atomic E-state index is 12.6. The molecule has 1 aromatic carbocycles. The van der Waals surface area contributed by atoms with Crippen molar-refractivity contribution in [3.05, 3.63) is 52.8 Å². The SMILES string of the molecule is Cn1cc(Cl)cc1C(=O)N1CCC(C(=O)c2ccc(O)cc2)CC1. The van der Waals surface area contributed by atoms with Crippen LogP contribution in [0.5, 0.6) is 5.75 Å². The second kappa shape index (κ2) is 6.69. The smallest absolute Gasteiger partial charge is 0.270 e. The first kappa shape index (κ1) is 16.6. The van der Waals surface area contributed by atoms with Crippen molar-refractivity contribution in [3.8, 4) is 5.75 Å². The predicted molar refractivity (Wildman–Crippen MR) is 91.5 cm³/mol. The van der Waals surface area contributed by atoms with Gasteiger partial charge in [-0.25, -0.2) is 0 Å². The lowest BCUT2D eigenvalue weighted by atomic mass is 9.89. The number of likely N-dealkylation sites (tertiary alicyclic amines) is 1. The molecule has 2 heterocycles. The fourth-order valence-electron chi connectivity index (χ4n) is 3.10. The van der Waals surface area contributed by atoms with Gasteiger partial charge in [-0.15, -0.1) is 0 Å². The monoisotopic (exact) mass is 346 g/mol. The lowest BCUT2D eigenvalue weighted by Gasteiger charge is -2.31. The van der Waals surface area contributed by atoms with Gasteiger partial charge in [0.05, 0.1) is 5.02 Å². The Kier molecular flexibility index (Phi) is 4.62. The van der Waals surface area contributed by atoms with Crippen LogP contribution in [0.15, 0.2) is 36.5 Å². The van der Waals surface area contributed by atoms with Crippen molar-refractivity contribution in [3.63, 3.8) is 0 Å². The molecule has 126 valence electrons. The van der Waals surface area contributed by atoms with Gasteiger partial charge in [0.15, 0.2) is 5.78 Å². The molecule has 0 spiro atoms. The van der Waals surface area contributed by atoms with Gasteiger partial charge >= 0.3 is 0 Å². The Morgan fingerprint density at radius 3 is 2.33 bits per heavy atom. The quantitative estimate of drug-likeness (QED) is 0.868. The van der Waals surface area contributed by atoms with Crippen molar-refractivity contribution in [1.82, 2.24) is 9.47 Å². The maximum Gasteiger partial charge on any atom is 0.270 e. The van der Waals surface area contributed by atoms with Crippen LogP contribution in [0, 0.1) is 5.92 Å². The van der Waals surface area contributed by atoms with Crippen LogP contribution in [0.4, 0.5) is 0 Å². The molecule has 1 aromatic heterocycles. The van der Waals surface area contributed by atoms with Crippen molar-refractivity contribution in [1.29, 1.82) is 0 Å². The van der Waals surface area contributed by atoms with Crippen LogP contribution in [0.1, 0.15) is 33.7 Å². The highest BCUT2D eigenvalue weighted by Gasteiger charge is 2.29. The number of carbonyl (C=O) groups excluding carboxylic acids is 2. The van der Waals surface area contributed by atoms with Crippen LogP contribution >= 0.6 is 11.6 Å². The first-order chi connectivity index (χ1) is 11.5. The van der Waals surface area contributed by atoms with Crippen molar-refractivity contribution >= 4 is 23.3 Å². The number of benzene rings is 1. The highest BCUT2D eigenvalue weighted by Crippen LogP contribution is 2.24. The third-order valence-electron chi connectivity index (χ3n) is 4.50. The summed E-state index contributed by atoms with van der Waals surface area (Å²) in [5.41, 5.74) is 1.16. The van der Waals surface area contributed by atoms with Gasteiger partial charge in [-0.05, 0) is 43.2 Å². The van der Waals surface area contributed by atoms with E-state index in [0.29, 0.717) is 42.2 Å². The molecular formula is C18H19ClN2O3. The zero-order valence-corrected chi connectivity index (χ0v) is 14.2. The molecule has 1 amide bonds. The summed E-state index contributed by atoms with van der Waals surface area (Å²) in [4.78, 5) is 26.8. The number of Topliss-reactive ketones (excluding diaryl/α,β-unsaturated/α-hetero) is 1. The molecule has 3 rings (SSSR count). The molecule has 1 fully saturated rings. The first-order valence-electron chi connectivity index (χ1n) is 7.90. The van der Waals surface area contributed by atoms with Gasteiger partial charge in [-0.2, -0.15) is 0 Å². The molecule has 0 unspecified atom stereocenters. The molecule has 0 saturated carbocycles. The Morgan fingerprint density at radius 1 is 1.17 bits per heavy atom. The first-order valence-corrected chi connectivity index (χ1v) is 8.28. The Bertz CT molecular complexity index is 759. The number of halogens is 1. The van der Waals surface area contributed by atoms with Crippen LogP contribution in [0.25, 0.3) is 0 Å². The molecule has 0 radical (unpaired) electrons. The summed E-state index contributed by atoms with van der Waals surface area (Å²) in [6, 6.07) is 7.98. The van der Waals surface area contributed by atoms with Crippen molar-refractivity contribution in [2.75, 3.05) is 13.1 Å². The molecule has 24 heavy (non-hydrogen) atoms. The van der Waals surface area contributed by atoms with Crippen LogP contribution in [0.2, 0.25) is 5.02 Å². The van der Waals surface area contributed by atoms with E-state index in [-0.39, 0.29) is 23.4 Å². The lowest BCUT2D eigenvalue weighted by Crippen LogP contribution is -2.40. The second-order valence-electron chi connectivity index (χ2n) is 6.13. The summed E-state index contributed by atoms with van der Waals surface area (Å²) in [6.45, 7) is 1.10. The largest absolute Gasteiger partial charge is 0.508 e. The minimum atomic E-state index is -0.0874. The van der Waals surface area contributed by atoms with E-state index in [1.54, 1.807) is 40.9 Å². The fourth-order valence-corrected chi connectivity index (χ4v) is 3.35. The summed E-state index contributed by atoms with van der Waals surface area (Å²) in [5, 5.41) is 9.85. The van der Waals surface area contributed by atoms with E-state index in [9.17, 15) is 14.7 Å². The highest BCUT2D eigenvalue weighted by molar-refractivity contribution is 6.31. The fraction of sp³-hybridized carbons (Fsp3) is 0.333. The minimum absolute atomic E-state index is 0.0556. The number of carbonyl (C=O) groups is 2. The molecule has 0 aliphatic carbocycles. The number of aryl methyl sites for hydroxylation is 1. The zero-order chi connectivity index (χ0) is 17.3. The van der Waals surface area contributed by atoms with Gasteiger partial charge in [-0.3, -0.25) is 9.59 Å². The van der Waals surface area contributed by atoms with Crippen molar-refractivity contribution in [2.45, 2.75) is 12.8 Å².